The Labute approximate surface area is 65.4 Å². The number of aromatic amines is 1. The molecule has 5 heteroatoms. The van der Waals surface area contributed by atoms with Crippen LogP contribution in [0.5, 0.6) is 5.88 Å². The smallest absolute Gasteiger partial charge is 0.347 e. The lowest BCUT2D eigenvalue weighted by atomic mass is 10.6. The van der Waals surface area contributed by atoms with E-state index in [2.05, 4.69) is 25.9 Å². The quantitative estimate of drug-likeness (QED) is 0.727. The van der Waals surface area contributed by atoms with Crippen molar-refractivity contribution in [1.82, 2.24) is 9.97 Å². The van der Waals surface area contributed by atoms with Gasteiger partial charge in [0.05, 0.1) is 17.8 Å². The minimum Gasteiger partial charge on any atom is -0.481 e. The first-order valence-electron chi connectivity index (χ1n) is 2.53. The van der Waals surface area contributed by atoms with E-state index < -0.39 is 5.69 Å². The predicted molar refractivity (Wildman–Crippen MR) is 39.1 cm³/mol. The van der Waals surface area contributed by atoms with E-state index in [0.717, 1.165) is 0 Å². The van der Waals surface area contributed by atoms with Crippen LogP contribution in [0.4, 0.5) is 0 Å². The molecule has 0 aliphatic heterocycles. The summed E-state index contributed by atoms with van der Waals surface area (Å²) in [4.78, 5) is 16.4. The van der Waals surface area contributed by atoms with Gasteiger partial charge in [-0.05, 0) is 15.9 Å². The van der Waals surface area contributed by atoms with Gasteiger partial charge in [-0.2, -0.15) is 0 Å². The number of hydrogen-bond donors (Lipinski definition) is 1. The van der Waals surface area contributed by atoms with Crippen LogP contribution in [0.1, 0.15) is 0 Å². The summed E-state index contributed by atoms with van der Waals surface area (Å²) in [6, 6.07) is 0. The van der Waals surface area contributed by atoms with Gasteiger partial charge in [0, 0.05) is 0 Å². The summed E-state index contributed by atoms with van der Waals surface area (Å²) < 4.78 is 5.42. The molecule has 0 saturated carbocycles. The molecule has 54 valence electrons. The van der Waals surface area contributed by atoms with E-state index >= 15 is 0 Å². The molecule has 1 aromatic rings. The second-order valence-electron chi connectivity index (χ2n) is 1.57. The minimum absolute atomic E-state index is 0.389. The molecule has 0 amide bonds. The van der Waals surface area contributed by atoms with Crippen LogP contribution < -0.4 is 10.4 Å². The fraction of sp³-hybridized carbons (Fsp3) is 0.200. The van der Waals surface area contributed by atoms with Gasteiger partial charge in [-0.3, -0.25) is 4.98 Å². The van der Waals surface area contributed by atoms with Crippen molar-refractivity contribution in [3.8, 4) is 5.88 Å². The van der Waals surface area contributed by atoms with E-state index in [1.54, 1.807) is 0 Å². The molecule has 0 saturated heterocycles. The maximum Gasteiger partial charge on any atom is 0.347 e. The Bertz CT molecular complexity index is 283. The van der Waals surface area contributed by atoms with Crippen LogP contribution in [0.25, 0.3) is 0 Å². The van der Waals surface area contributed by atoms with Gasteiger partial charge < -0.3 is 4.74 Å². The van der Waals surface area contributed by atoms with Gasteiger partial charge in [-0.25, -0.2) is 9.78 Å². The lowest BCUT2D eigenvalue weighted by Crippen LogP contribution is -2.10. The molecule has 0 aliphatic carbocycles. The summed E-state index contributed by atoms with van der Waals surface area (Å²) in [5.74, 6) is 0.389. The van der Waals surface area contributed by atoms with Crippen LogP contribution in [0.3, 0.4) is 0 Å². The Morgan fingerprint density at radius 1 is 1.80 bits per heavy atom. The van der Waals surface area contributed by atoms with Crippen LogP contribution in [0, 0.1) is 0 Å². The van der Waals surface area contributed by atoms with Gasteiger partial charge in [0.15, 0.2) is 0 Å². The lowest BCUT2D eigenvalue weighted by Gasteiger charge is -1.98. The minimum atomic E-state index is -0.417. The highest BCUT2D eigenvalue weighted by Gasteiger charge is 1.98. The molecule has 1 heterocycles. The van der Waals surface area contributed by atoms with E-state index in [1.807, 2.05) is 0 Å². The fourth-order valence-corrected chi connectivity index (χ4v) is 0.875. The van der Waals surface area contributed by atoms with Crippen molar-refractivity contribution in [2.45, 2.75) is 0 Å². The molecule has 0 spiro atoms. The maximum atomic E-state index is 10.5. The summed E-state index contributed by atoms with van der Waals surface area (Å²) in [6.07, 6.45) is 1.39. The van der Waals surface area contributed by atoms with Gasteiger partial charge in [-0.1, -0.05) is 0 Å². The highest BCUT2D eigenvalue weighted by Crippen LogP contribution is 2.17. The topological polar surface area (TPSA) is 55.0 Å². The molecule has 1 rings (SSSR count). The largest absolute Gasteiger partial charge is 0.481 e. The monoisotopic (exact) mass is 204 g/mol. The molecule has 1 aromatic heterocycles. The molecule has 0 unspecified atom stereocenters. The SMILES string of the molecule is COc1[nH]c(=O)ncc1Br. The van der Waals surface area contributed by atoms with Crippen LogP contribution >= 0.6 is 15.9 Å². The number of nitrogens with one attached hydrogen (secondary N) is 1. The molecule has 0 bridgehead atoms. The molecule has 0 aliphatic rings. The first-order valence-corrected chi connectivity index (χ1v) is 3.32. The lowest BCUT2D eigenvalue weighted by molar-refractivity contribution is 0.392. The van der Waals surface area contributed by atoms with Crippen molar-refractivity contribution >= 4 is 15.9 Å². The van der Waals surface area contributed by atoms with Gasteiger partial charge in [0.2, 0.25) is 5.88 Å². The van der Waals surface area contributed by atoms with E-state index in [1.165, 1.54) is 13.3 Å². The number of rotatable bonds is 1. The highest BCUT2D eigenvalue weighted by molar-refractivity contribution is 9.10. The van der Waals surface area contributed by atoms with Gasteiger partial charge in [-0.15, -0.1) is 0 Å². The van der Waals surface area contributed by atoms with Crippen molar-refractivity contribution in [2.24, 2.45) is 0 Å². The standard InChI is InChI=1S/C5H5BrN2O2/c1-10-4-3(6)2-7-5(9)8-4/h2H,1H3,(H,7,8,9). The predicted octanol–water partition coefficient (Wildman–Crippen LogP) is 0.541. The Balaban J connectivity index is 3.22. The zero-order valence-electron chi connectivity index (χ0n) is 5.22. The third-order valence-electron chi connectivity index (χ3n) is 0.937. The van der Waals surface area contributed by atoms with Crippen LogP contribution in [0.15, 0.2) is 15.5 Å². The second kappa shape index (κ2) is 2.83. The number of methoxy groups -OCH3 is 1. The molecule has 1 N–H and O–H groups in total. The molecular formula is C5H5BrN2O2. The van der Waals surface area contributed by atoms with Crippen molar-refractivity contribution in [1.29, 1.82) is 0 Å². The van der Waals surface area contributed by atoms with E-state index in [4.69, 9.17) is 4.74 Å². The Kier molecular flexibility index (Phi) is 2.06. The number of H-pyrrole nitrogens is 1. The van der Waals surface area contributed by atoms with Crippen molar-refractivity contribution in [3.63, 3.8) is 0 Å². The first kappa shape index (κ1) is 7.27. The highest BCUT2D eigenvalue weighted by atomic mass is 79.9. The maximum absolute atomic E-state index is 10.5. The van der Waals surface area contributed by atoms with Gasteiger partial charge >= 0.3 is 5.69 Å². The fourth-order valence-electron chi connectivity index (χ4n) is 0.512. The summed E-state index contributed by atoms with van der Waals surface area (Å²) in [7, 11) is 1.47. The molecule has 0 atom stereocenters. The zero-order chi connectivity index (χ0) is 7.56. The average Bonchev–Trinajstić information content (AvgIpc) is 1.94. The Hall–Kier alpha value is -0.840. The first-order chi connectivity index (χ1) is 4.74. The van der Waals surface area contributed by atoms with Crippen LogP contribution in [-0.2, 0) is 0 Å². The third-order valence-corrected chi connectivity index (χ3v) is 1.50. The molecule has 10 heavy (non-hydrogen) atoms. The molecule has 4 nitrogen and oxygen atoms in total. The summed E-state index contributed by atoms with van der Waals surface area (Å²) in [5, 5.41) is 0. The van der Waals surface area contributed by atoms with Crippen molar-refractivity contribution < 1.29 is 4.74 Å². The van der Waals surface area contributed by atoms with E-state index in [0.29, 0.717) is 10.4 Å². The molecule has 0 fully saturated rings. The van der Waals surface area contributed by atoms with Crippen LogP contribution in [-0.4, -0.2) is 17.1 Å². The number of ether oxygens (including phenoxy) is 1. The normalized spacial score (nSPS) is 9.40. The molecule has 0 radical (unpaired) electrons. The zero-order valence-corrected chi connectivity index (χ0v) is 6.81. The molecule has 0 aromatic carbocycles. The van der Waals surface area contributed by atoms with Gasteiger partial charge in [0.25, 0.3) is 0 Å². The third kappa shape index (κ3) is 1.36. The molecular weight excluding hydrogens is 200 g/mol. The van der Waals surface area contributed by atoms with E-state index in [-0.39, 0.29) is 0 Å². The Morgan fingerprint density at radius 3 is 3.00 bits per heavy atom. The van der Waals surface area contributed by atoms with Gasteiger partial charge in [0.1, 0.15) is 0 Å². The Morgan fingerprint density at radius 2 is 2.50 bits per heavy atom. The van der Waals surface area contributed by atoms with Crippen molar-refractivity contribution in [2.75, 3.05) is 7.11 Å². The number of aromatic nitrogens is 2. The van der Waals surface area contributed by atoms with Crippen LogP contribution in [0.2, 0.25) is 0 Å². The van der Waals surface area contributed by atoms with E-state index in [9.17, 15) is 4.79 Å². The summed E-state index contributed by atoms with van der Waals surface area (Å²) >= 11 is 3.13. The summed E-state index contributed by atoms with van der Waals surface area (Å²) in [5.41, 5.74) is -0.417. The second-order valence-corrected chi connectivity index (χ2v) is 2.42. The average molecular weight is 205 g/mol. The summed E-state index contributed by atoms with van der Waals surface area (Å²) in [6.45, 7) is 0. The number of hydrogen-bond acceptors (Lipinski definition) is 3. The number of halogens is 1. The van der Waals surface area contributed by atoms with Crippen molar-refractivity contribution in [3.05, 3.63) is 21.2 Å². The number of nitrogens with zero attached hydrogens (tertiary/aromatic N) is 1.